The summed E-state index contributed by atoms with van der Waals surface area (Å²) >= 11 is 0. The lowest BCUT2D eigenvalue weighted by molar-refractivity contribution is 0.0644. The van der Waals surface area contributed by atoms with Gasteiger partial charge in [-0.05, 0) is 63.1 Å². The molecule has 1 aliphatic heterocycles. The number of fused-ring (bicyclic) bond motifs is 1. The second-order valence-electron chi connectivity index (χ2n) is 7.63. The third-order valence-corrected chi connectivity index (χ3v) is 5.52. The number of H-pyrrole nitrogens is 1. The third-order valence-electron chi connectivity index (χ3n) is 5.52. The summed E-state index contributed by atoms with van der Waals surface area (Å²) in [5.41, 5.74) is 1.54. The molecule has 2 aliphatic rings. The number of rotatable bonds is 3. The fourth-order valence-corrected chi connectivity index (χ4v) is 4.11. The van der Waals surface area contributed by atoms with Crippen molar-refractivity contribution in [1.29, 1.82) is 0 Å². The van der Waals surface area contributed by atoms with Crippen molar-refractivity contribution in [2.75, 3.05) is 13.7 Å². The van der Waals surface area contributed by atoms with E-state index in [0.717, 1.165) is 35.5 Å². The number of aromatic amines is 1. The number of amides is 1. The van der Waals surface area contributed by atoms with Crippen LogP contribution in [-0.4, -0.2) is 35.0 Å². The first-order chi connectivity index (χ1) is 11.0. The van der Waals surface area contributed by atoms with Gasteiger partial charge in [-0.15, -0.1) is 0 Å². The van der Waals surface area contributed by atoms with Gasteiger partial charge in [0.15, 0.2) is 0 Å². The maximum atomic E-state index is 13.1. The molecule has 122 valence electrons. The molecule has 1 aromatic carbocycles. The van der Waals surface area contributed by atoms with Gasteiger partial charge in [-0.3, -0.25) is 4.79 Å². The van der Waals surface area contributed by atoms with Gasteiger partial charge in [0.2, 0.25) is 0 Å². The van der Waals surface area contributed by atoms with Crippen LogP contribution in [0, 0.1) is 11.8 Å². The van der Waals surface area contributed by atoms with Crippen molar-refractivity contribution in [2.24, 2.45) is 11.8 Å². The molecule has 0 spiro atoms. The summed E-state index contributed by atoms with van der Waals surface area (Å²) < 4.78 is 5.40. The molecule has 1 amide bonds. The number of hydrogen-bond donors (Lipinski definition) is 1. The van der Waals surface area contributed by atoms with E-state index >= 15 is 0 Å². The zero-order chi connectivity index (χ0) is 16.2. The molecule has 23 heavy (non-hydrogen) atoms. The molecular formula is C19H24N2O2. The predicted octanol–water partition coefficient (Wildman–Crippen LogP) is 3.83. The Morgan fingerprint density at radius 2 is 2.09 bits per heavy atom. The second-order valence-corrected chi connectivity index (χ2v) is 7.63. The van der Waals surface area contributed by atoms with Crippen LogP contribution in [-0.2, 0) is 0 Å². The Labute approximate surface area is 136 Å². The minimum Gasteiger partial charge on any atom is -0.496 e. The van der Waals surface area contributed by atoms with Crippen LogP contribution in [0.2, 0.25) is 0 Å². The Bertz CT molecular complexity index is 758. The zero-order valence-electron chi connectivity index (χ0n) is 14.1. The highest BCUT2D eigenvalue weighted by Crippen LogP contribution is 2.46. The number of carbonyl (C=O) groups excluding carboxylic acids is 1. The average molecular weight is 312 g/mol. The van der Waals surface area contributed by atoms with E-state index in [9.17, 15) is 4.79 Å². The van der Waals surface area contributed by atoms with Gasteiger partial charge in [-0.1, -0.05) is 6.07 Å². The molecule has 4 nitrogen and oxygen atoms in total. The van der Waals surface area contributed by atoms with Crippen molar-refractivity contribution in [3.05, 3.63) is 30.0 Å². The minimum atomic E-state index is -0.0638. The summed E-state index contributed by atoms with van der Waals surface area (Å²) in [6.45, 7) is 5.27. The van der Waals surface area contributed by atoms with Gasteiger partial charge in [0.05, 0.1) is 7.11 Å². The van der Waals surface area contributed by atoms with Gasteiger partial charge in [0.25, 0.3) is 5.91 Å². The largest absolute Gasteiger partial charge is 0.496 e. The number of ether oxygens (including phenoxy) is 1. The summed E-state index contributed by atoms with van der Waals surface area (Å²) in [4.78, 5) is 18.4. The number of likely N-dealkylation sites (tertiary alicyclic amines) is 1. The molecule has 1 unspecified atom stereocenters. The number of benzene rings is 1. The van der Waals surface area contributed by atoms with E-state index in [2.05, 4.69) is 23.7 Å². The van der Waals surface area contributed by atoms with Crippen LogP contribution in [0.5, 0.6) is 5.75 Å². The summed E-state index contributed by atoms with van der Waals surface area (Å²) in [5, 5.41) is 0.967. The first kappa shape index (κ1) is 14.6. The lowest BCUT2D eigenvalue weighted by Crippen LogP contribution is -2.42. The molecule has 1 saturated heterocycles. The van der Waals surface area contributed by atoms with Crippen molar-refractivity contribution in [2.45, 2.75) is 38.6 Å². The van der Waals surface area contributed by atoms with Crippen molar-refractivity contribution < 1.29 is 9.53 Å². The van der Waals surface area contributed by atoms with Gasteiger partial charge in [-0.25, -0.2) is 0 Å². The molecule has 1 atom stereocenters. The summed E-state index contributed by atoms with van der Waals surface area (Å²) in [5.74, 6) is 2.42. The van der Waals surface area contributed by atoms with Crippen LogP contribution in [0.25, 0.3) is 10.9 Å². The molecular weight excluding hydrogens is 288 g/mol. The topological polar surface area (TPSA) is 45.3 Å². The Hall–Kier alpha value is -1.97. The Balaban J connectivity index is 1.66. The van der Waals surface area contributed by atoms with E-state index in [1.54, 1.807) is 7.11 Å². The highest BCUT2D eigenvalue weighted by Gasteiger charge is 2.46. The summed E-state index contributed by atoms with van der Waals surface area (Å²) in [6.07, 6.45) is 3.80. The molecule has 4 heteroatoms. The number of nitrogens with one attached hydrogen (secondary N) is 1. The molecule has 0 bridgehead atoms. The first-order valence-electron chi connectivity index (χ1n) is 8.47. The quantitative estimate of drug-likeness (QED) is 0.936. The van der Waals surface area contributed by atoms with Gasteiger partial charge in [0.1, 0.15) is 11.4 Å². The second kappa shape index (κ2) is 5.02. The van der Waals surface area contributed by atoms with Crippen LogP contribution in [0.4, 0.5) is 0 Å². The normalized spacial score (nSPS) is 23.4. The Morgan fingerprint density at radius 1 is 1.30 bits per heavy atom. The zero-order valence-corrected chi connectivity index (χ0v) is 14.1. The minimum absolute atomic E-state index is 0.0638. The molecule has 2 heterocycles. The predicted molar refractivity (Wildman–Crippen MR) is 90.8 cm³/mol. The van der Waals surface area contributed by atoms with E-state index < -0.39 is 0 Å². The standard InChI is InChI=1S/C19H24N2O2/c1-19(2)10-13(12-7-8-12)11-21(19)18(22)16-9-14-15(20-16)5-4-6-17(14)23-3/h4-6,9,12-13,20H,7-8,10-11H2,1-3H3. The average Bonchev–Trinajstić information content (AvgIpc) is 3.19. The fraction of sp³-hybridized carbons (Fsp3) is 0.526. The Morgan fingerprint density at radius 3 is 2.78 bits per heavy atom. The maximum Gasteiger partial charge on any atom is 0.270 e. The summed E-state index contributed by atoms with van der Waals surface area (Å²) in [7, 11) is 1.66. The van der Waals surface area contributed by atoms with Gasteiger partial charge in [0, 0.05) is 23.0 Å². The molecule has 4 rings (SSSR count). The lowest BCUT2D eigenvalue weighted by atomic mass is 9.93. The van der Waals surface area contributed by atoms with E-state index in [-0.39, 0.29) is 11.4 Å². The first-order valence-corrected chi connectivity index (χ1v) is 8.47. The van der Waals surface area contributed by atoms with Crippen LogP contribution in [0.3, 0.4) is 0 Å². The summed E-state index contributed by atoms with van der Waals surface area (Å²) in [6, 6.07) is 7.77. The monoisotopic (exact) mass is 312 g/mol. The van der Waals surface area contributed by atoms with Crippen LogP contribution < -0.4 is 4.74 Å². The Kier molecular flexibility index (Phi) is 3.19. The smallest absolute Gasteiger partial charge is 0.270 e. The highest BCUT2D eigenvalue weighted by atomic mass is 16.5. The third kappa shape index (κ3) is 2.41. The number of aromatic nitrogens is 1. The number of nitrogens with zero attached hydrogens (tertiary/aromatic N) is 1. The van der Waals surface area contributed by atoms with Crippen LogP contribution in [0.1, 0.15) is 43.6 Å². The van der Waals surface area contributed by atoms with Crippen molar-refractivity contribution in [3.63, 3.8) is 0 Å². The SMILES string of the molecule is COc1cccc2[nH]c(C(=O)N3CC(C4CC4)CC3(C)C)cc12. The lowest BCUT2D eigenvalue weighted by Gasteiger charge is -2.31. The molecule has 0 radical (unpaired) electrons. The number of methoxy groups -OCH3 is 1. The van der Waals surface area contributed by atoms with Crippen molar-refractivity contribution in [3.8, 4) is 5.75 Å². The highest BCUT2D eigenvalue weighted by molar-refractivity contribution is 6.00. The van der Waals surface area contributed by atoms with Crippen LogP contribution in [0.15, 0.2) is 24.3 Å². The maximum absolute atomic E-state index is 13.1. The van der Waals surface area contributed by atoms with E-state index in [4.69, 9.17) is 4.74 Å². The molecule has 1 N–H and O–H groups in total. The van der Waals surface area contributed by atoms with E-state index in [0.29, 0.717) is 11.6 Å². The van der Waals surface area contributed by atoms with Gasteiger partial charge in [-0.2, -0.15) is 0 Å². The molecule has 1 aromatic heterocycles. The molecule has 2 fully saturated rings. The number of hydrogen-bond acceptors (Lipinski definition) is 2. The molecule has 1 saturated carbocycles. The molecule has 1 aliphatic carbocycles. The molecule has 2 aromatic rings. The van der Waals surface area contributed by atoms with Gasteiger partial charge >= 0.3 is 0 Å². The number of carbonyl (C=O) groups is 1. The van der Waals surface area contributed by atoms with Crippen molar-refractivity contribution in [1.82, 2.24) is 9.88 Å². The van der Waals surface area contributed by atoms with Gasteiger partial charge < -0.3 is 14.6 Å². The van der Waals surface area contributed by atoms with Crippen LogP contribution >= 0.6 is 0 Å². The van der Waals surface area contributed by atoms with E-state index in [1.165, 1.54) is 12.8 Å². The fourth-order valence-electron chi connectivity index (χ4n) is 4.11. The van der Waals surface area contributed by atoms with E-state index in [1.807, 2.05) is 24.3 Å². The van der Waals surface area contributed by atoms with Crippen molar-refractivity contribution >= 4 is 16.8 Å².